The number of hydrogen-bond donors (Lipinski definition) is 2. The van der Waals surface area contributed by atoms with Gasteiger partial charge in [-0.3, -0.25) is 9.69 Å². The Morgan fingerprint density at radius 3 is 2.66 bits per heavy atom. The number of nitrogens with zero attached hydrogens (tertiary/aromatic N) is 3. The van der Waals surface area contributed by atoms with E-state index >= 15 is 0 Å². The first-order chi connectivity index (χ1) is 18.2. The van der Waals surface area contributed by atoms with Crippen LogP contribution in [0.5, 0.6) is 0 Å². The molecule has 1 aliphatic rings. The number of aromatic nitrogens is 2. The topological polar surface area (TPSA) is 96.5 Å². The second-order valence-electron chi connectivity index (χ2n) is 10.1. The molecule has 4 aromatic rings. The molecule has 1 aliphatic heterocycles. The highest BCUT2D eigenvalue weighted by atomic mass is 16.6. The molecule has 1 aromatic heterocycles. The summed E-state index contributed by atoms with van der Waals surface area (Å²) in [6, 6.07) is 17.4. The van der Waals surface area contributed by atoms with Gasteiger partial charge in [-0.05, 0) is 72.5 Å². The average Bonchev–Trinajstić information content (AvgIpc) is 3.18. The van der Waals surface area contributed by atoms with Gasteiger partial charge in [0.05, 0.1) is 17.8 Å². The zero-order chi connectivity index (χ0) is 27.0. The molecule has 8 heteroatoms. The molecule has 0 radical (unpaired) electrons. The summed E-state index contributed by atoms with van der Waals surface area (Å²) in [7, 11) is 1.79. The fourth-order valence-corrected chi connectivity index (χ4v) is 4.93. The van der Waals surface area contributed by atoms with Gasteiger partial charge in [-0.25, -0.2) is 14.8 Å². The summed E-state index contributed by atoms with van der Waals surface area (Å²) >= 11 is 0. The third-order valence-electron chi connectivity index (χ3n) is 6.93. The van der Waals surface area contributed by atoms with Gasteiger partial charge in [0.2, 0.25) is 5.95 Å². The van der Waals surface area contributed by atoms with Gasteiger partial charge < -0.3 is 15.4 Å². The first-order valence-corrected chi connectivity index (χ1v) is 12.7. The Labute approximate surface area is 222 Å². The van der Waals surface area contributed by atoms with Crippen LogP contribution in [-0.2, 0) is 10.2 Å². The van der Waals surface area contributed by atoms with E-state index in [1.807, 2.05) is 61.5 Å². The molecule has 0 fully saturated rings. The molecule has 2 heterocycles. The van der Waals surface area contributed by atoms with Crippen molar-refractivity contribution < 1.29 is 14.3 Å². The standard InChI is InChI=1S/C30H31N5O3/c1-6-38-29(37)35-17-30(3,4)24-11-10-22(15-26(24)35)33-27(36)20-8-7-18(2)23(14-20)19-9-12-25-21(13-19)16-32-28(31-5)34-25/h7-16H,6,17H2,1-5H3,(H,33,36)(H,31,32,34). The van der Waals surface area contributed by atoms with Crippen LogP contribution in [0.4, 0.5) is 22.1 Å². The van der Waals surface area contributed by atoms with E-state index in [1.165, 1.54) is 0 Å². The van der Waals surface area contributed by atoms with Gasteiger partial charge in [-0.1, -0.05) is 32.0 Å². The maximum atomic E-state index is 13.3. The van der Waals surface area contributed by atoms with Crippen LogP contribution in [0.15, 0.2) is 60.8 Å². The van der Waals surface area contributed by atoms with Crippen molar-refractivity contribution in [1.82, 2.24) is 9.97 Å². The van der Waals surface area contributed by atoms with E-state index in [1.54, 1.807) is 25.1 Å². The van der Waals surface area contributed by atoms with Crippen LogP contribution in [-0.4, -0.2) is 42.2 Å². The number of amides is 2. The molecule has 3 aromatic carbocycles. The highest BCUT2D eigenvalue weighted by Crippen LogP contribution is 2.42. The predicted molar refractivity (Wildman–Crippen MR) is 151 cm³/mol. The van der Waals surface area contributed by atoms with Gasteiger partial charge in [0, 0.05) is 41.8 Å². The monoisotopic (exact) mass is 509 g/mol. The first kappa shape index (κ1) is 25.2. The van der Waals surface area contributed by atoms with Crippen molar-refractivity contribution in [2.75, 3.05) is 35.7 Å². The second kappa shape index (κ2) is 9.78. The number of rotatable bonds is 5. The van der Waals surface area contributed by atoms with E-state index in [4.69, 9.17) is 4.74 Å². The lowest BCUT2D eigenvalue weighted by atomic mass is 9.87. The molecule has 0 bridgehead atoms. The van der Waals surface area contributed by atoms with Gasteiger partial charge in [0.15, 0.2) is 0 Å². The van der Waals surface area contributed by atoms with Crippen molar-refractivity contribution in [2.45, 2.75) is 33.1 Å². The van der Waals surface area contributed by atoms with Crippen molar-refractivity contribution in [3.63, 3.8) is 0 Å². The number of benzene rings is 3. The number of carbonyl (C=O) groups is 2. The smallest absolute Gasteiger partial charge is 0.414 e. The molecular weight excluding hydrogens is 478 g/mol. The fraction of sp³-hybridized carbons (Fsp3) is 0.267. The maximum absolute atomic E-state index is 13.3. The van der Waals surface area contributed by atoms with Crippen molar-refractivity contribution in [3.8, 4) is 11.1 Å². The lowest BCUT2D eigenvalue weighted by Crippen LogP contribution is -2.34. The van der Waals surface area contributed by atoms with Crippen LogP contribution in [0, 0.1) is 6.92 Å². The third kappa shape index (κ3) is 4.65. The van der Waals surface area contributed by atoms with Crippen molar-refractivity contribution in [3.05, 3.63) is 77.5 Å². The van der Waals surface area contributed by atoms with Crippen molar-refractivity contribution in [1.29, 1.82) is 0 Å². The summed E-state index contributed by atoms with van der Waals surface area (Å²) in [5, 5.41) is 6.88. The van der Waals surface area contributed by atoms with Crippen LogP contribution < -0.4 is 15.5 Å². The van der Waals surface area contributed by atoms with E-state index in [2.05, 4.69) is 34.4 Å². The molecule has 0 unspecified atom stereocenters. The summed E-state index contributed by atoms with van der Waals surface area (Å²) in [6.07, 6.45) is 1.41. The highest BCUT2D eigenvalue weighted by molar-refractivity contribution is 6.06. The molecule has 0 saturated carbocycles. The Balaban J connectivity index is 1.42. The van der Waals surface area contributed by atoms with Crippen molar-refractivity contribution >= 4 is 40.2 Å². The van der Waals surface area contributed by atoms with E-state index < -0.39 is 0 Å². The van der Waals surface area contributed by atoms with Crippen LogP contribution in [0.25, 0.3) is 22.0 Å². The number of carbonyl (C=O) groups excluding carboxylic acids is 2. The average molecular weight is 510 g/mol. The second-order valence-corrected chi connectivity index (χ2v) is 10.1. The van der Waals surface area contributed by atoms with Gasteiger partial charge >= 0.3 is 6.09 Å². The summed E-state index contributed by atoms with van der Waals surface area (Å²) < 4.78 is 5.26. The highest BCUT2D eigenvalue weighted by Gasteiger charge is 2.38. The molecule has 0 spiro atoms. The van der Waals surface area contributed by atoms with E-state index in [0.29, 0.717) is 30.4 Å². The third-order valence-corrected chi connectivity index (χ3v) is 6.93. The Bertz CT molecular complexity index is 1560. The Morgan fingerprint density at radius 1 is 1.08 bits per heavy atom. The molecule has 8 nitrogen and oxygen atoms in total. The number of fused-ring (bicyclic) bond motifs is 2. The Kier molecular flexibility index (Phi) is 6.48. The maximum Gasteiger partial charge on any atom is 0.414 e. The number of hydrogen-bond acceptors (Lipinski definition) is 6. The van der Waals surface area contributed by atoms with E-state index in [0.717, 1.165) is 38.8 Å². The molecule has 5 rings (SSSR count). The normalized spacial score (nSPS) is 13.8. The van der Waals surface area contributed by atoms with Gasteiger partial charge in [0.1, 0.15) is 0 Å². The summed E-state index contributed by atoms with van der Waals surface area (Å²) in [5.74, 6) is 0.342. The van der Waals surface area contributed by atoms with Gasteiger partial charge in [-0.2, -0.15) is 0 Å². The SMILES string of the molecule is CCOC(=O)N1CC(C)(C)c2ccc(NC(=O)c3ccc(C)c(-c4ccc5nc(NC)ncc5c4)c3)cc21. The summed E-state index contributed by atoms with van der Waals surface area (Å²) in [6.45, 7) is 8.82. The summed E-state index contributed by atoms with van der Waals surface area (Å²) in [4.78, 5) is 36.3. The number of anilines is 3. The zero-order valence-electron chi connectivity index (χ0n) is 22.3. The van der Waals surface area contributed by atoms with E-state index in [9.17, 15) is 9.59 Å². The van der Waals surface area contributed by atoms with Crippen molar-refractivity contribution in [2.24, 2.45) is 0 Å². The number of aryl methyl sites for hydroxylation is 1. The lowest BCUT2D eigenvalue weighted by molar-refractivity contribution is 0.102. The minimum absolute atomic E-state index is 0.212. The molecule has 2 N–H and O–H groups in total. The van der Waals surface area contributed by atoms with Gasteiger partial charge in [0.25, 0.3) is 5.91 Å². The van der Waals surface area contributed by atoms with Crippen LogP contribution >= 0.6 is 0 Å². The summed E-state index contributed by atoms with van der Waals surface area (Å²) in [5.41, 5.74) is 6.59. The molecular formula is C30H31N5O3. The molecule has 0 aliphatic carbocycles. The van der Waals surface area contributed by atoms with Gasteiger partial charge in [-0.15, -0.1) is 0 Å². The predicted octanol–water partition coefficient (Wildman–Crippen LogP) is 6.15. The molecule has 2 amide bonds. The lowest BCUT2D eigenvalue weighted by Gasteiger charge is -2.20. The Hall–Kier alpha value is -4.46. The fourth-order valence-electron chi connectivity index (χ4n) is 4.93. The quantitative estimate of drug-likeness (QED) is 0.335. The number of ether oxygens (including phenoxy) is 1. The molecule has 38 heavy (non-hydrogen) atoms. The molecule has 0 saturated heterocycles. The largest absolute Gasteiger partial charge is 0.449 e. The molecule has 194 valence electrons. The number of nitrogens with one attached hydrogen (secondary N) is 2. The van der Waals surface area contributed by atoms with Crippen LogP contribution in [0.3, 0.4) is 0 Å². The molecule has 0 atom stereocenters. The zero-order valence-corrected chi connectivity index (χ0v) is 22.3. The van der Waals surface area contributed by atoms with E-state index in [-0.39, 0.29) is 17.4 Å². The van der Waals surface area contributed by atoms with Crippen LogP contribution in [0.2, 0.25) is 0 Å². The first-order valence-electron chi connectivity index (χ1n) is 12.7. The minimum Gasteiger partial charge on any atom is -0.449 e. The Morgan fingerprint density at radius 2 is 1.89 bits per heavy atom. The van der Waals surface area contributed by atoms with Crippen LogP contribution in [0.1, 0.15) is 42.3 Å². The minimum atomic E-state index is -0.381.